The highest BCUT2D eigenvalue weighted by Gasteiger charge is 2.34. The molecular weight excluding hydrogens is 220 g/mol. The summed E-state index contributed by atoms with van der Waals surface area (Å²) in [6, 6.07) is 1.54. The lowest BCUT2D eigenvalue weighted by atomic mass is 9.70. The number of nitrogens with zero attached hydrogens (tertiary/aromatic N) is 1. The predicted octanol–water partition coefficient (Wildman–Crippen LogP) is 3.28. The van der Waals surface area contributed by atoms with Gasteiger partial charge in [0.25, 0.3) is 0 Å². The normalized spacial score (nSPS) is 36.8. The lowest BCUT2D eigenvalue weighted by molar-refractivity contribution is 0.0749. The van der Waals surface area contributed by atoms with E-state index in [2.05, 4.69) is 38.0 Å². The van der Waals surface area contributed by atoms with E-state index < -0.39 is 0 Å². The minimum absolute atomic E-state index is 0.538. The van der Waals surface area contributed by atoms with E-state index in [1.165, 1.54) is 51.6 Å². The Morgan fingerprint density at radius 3 is 2.61 bits per heavy atom. The summed E-state index contributed by atoms with van der Waals surface area (Å²) in [5, 5.41) is 3.68. The third-order valence-electron chi connectivity index (χ3n) is 4.91. The lowest BCUT2D eigenvalue weighted by Crippen LogP contribution is -2.48. The summed E-state index contributed by atoms with van der Waals surface area (Å²) in [4.78, 5) is 2.64. The molecule has 3 atom stereocenters. The average Bonchev–Trinajstić information content (AvgIpc) is 2.27. The molecule has 1 aliphatic heterocycles. The molecule has 18 heavy (non-hydrogen) atoms. The molecule has 1 heterocycles. The summed E-state index contributed by atoms with van der Waals surface area (Å²) < 4.78 is 0. The van der Waals surface area contributed by atoms with Crippen molar-refractivity contribution in [2.75, 3.05) is 20.1 Å². The fourth-order valence-corrected chi connectivity index (χ4v) is 4.21. The molecular formula is C16H32N2. The first kappa shape index (κ1) is 14.3. The van der Waals surface area contributed by atoms with Crippen LogP contribution in [0.4, 0.5) is 0 Å². The Labute approximate surface area is 114 Å². The molecule has 1 saturated heterocycles. The first-order valence-corrected chi connectivity index (χ1v) is 7.90. The van der Waals surface area contributed by atoms with Gasteiger partial charge in [-0.15, -0.1) is 0 Å². The molecule has 0 radical (unpaired) electrons. The van der Waals surface area contributed by atoms with E-state index in [1.54, 1.807) is 0 Å². The number of likely N-dealkylation sites (N-methyl/N-ethyl adjacent to an activating group) is 1. The first-order valence-electron chi connectivity index (χ1n) is 7.90. The number of nitrogens with one attached hydrogen (secondary N) is 1. The zero-order valence-electron chi connectivity index (χ0n) is 12.8. The van der Waals surface area contributed by atoms with E-state index in [0.29, 0.717) is 5.41 Å². The van der Waals surface area contributed by atoms with Crippen molar-refractivity contribution in [2.45, 2.75) is 71.4 Å². The van der Waals surface area contributed by atoms with Crippen LogP contribution in [0.1, 0.15) is 59.3 Å². The van der Waals surface area contributed by atoms with E-state index in [1.807, 2.05) is 0 Å². The quantitative estimate of drug-likeness (QED) is 0.829. The SMILES string of the molecule is CC1CC(N(C)CC2CCCCN2)CC(C)(C)C1. The zero-order valence-corrected chi connectivity index (χ0v) is 12.8. The van der Waals surface area contributed by atoms with Crippen molar-refractivity contribution in [3.8, 4) is 0 Å². The first-order chi connectivity index (χ1) is 8.46. The maximum Gasteiger partial charge on any atom is 0.0195 e. The minimum Gasteiger partial charge on any atom is -0.313 e. The van der Waals surface area contributed by atoms with Crippen LogP contribution >= 0.6 is 0 Å². The van der Waals surface area contributed by atoms with Gasteiger partial charge in [-0.2, -0.15) is 0 Å². The molecule has 2 fully saturated rings. The summed E-state index contributed by atoms with van der Waals surface area (Å²) in [6.07, 6.45) is 8.33. The second kappa shape index (κ2) is 5.92. The van der Waals surface area contributed by atoms with Crippen LogP contribution in [0.25, 0.3) is 0 Å². The summed E-state index contributed by atoms with van der Waals surface area (Å²) in [7, 11) is 2.34. The van der Waals surface area contributed by atoms with Crippen LogP contribution < -0.4 is 5.32 Å². The molecule has 3 unspecified atom stereocenters. The Morgan fingerprint density at radius 1 is 1.22 bits per heavy atom. The summed E-state index contributed by atoms with van der Waals surface area (Å²) in [5.41, 5.74) is 0.538. The van der Waals surface area contributed by atoms with E-state index in [0.717, 1.165) is 18.0 Å². The standard InChI is InChI=1S/C16H32N2/c1-13-9-15(11-16(2,3)10-13)18(4)12-14-7-5-6-8-17-14/h13-15,17H,5-12H2,1-4H3. The second-order valence-corrected chi connectivity index (χ2v) is 7.65. The van der Waals surface area contributed by atoms with Gasteiger partial charge in [0.1, 0.15) is 0 Å². The average molecular weight is 252 g/mol. The topological polar surface area (TPSA) is 15.3 Å². The van der Waals surface area contributed by atoms with Crippen molar-refractivity contribution in [1.82, 2.24) is 10.2 Å². The molecule has 106 valence electrons. The largest absolute Gasteiger partial charge is 0.313 e. The van der Waals surface area contributed by atoms with Gasteiger partial charge < -0.3 is 10.2 Å². The maximum absolute atomic E-state index is 3.68. The van der Waals surface area contributed by atoms with Crippen molar-refractivity contribution < 1.29 is 0 Å². The van der Waals surface area contributed by atoms with Gasteiger partial charge >= 0.3 is 0 Å². The molecule has 0 aromatic carbocycles. The Bertz CT molecular complexity index is 256. The van der Waals surface area contributed by atoms with Crippen LogP contribution in [0.15, 0.2) is 0 Å². The van der Waals surface area contributed by atoms with Crippen molar-refractivity contribution >= 4 is 0 Å². The van der Waals surface area contributed by atoms with Crippen molar-refractivity contribution in [3.05, 3.63) is 0 Å². The van der Waals surface area contributed by atoms with Crippen LogP contribution in [-0.2, 0) is 0 Å². The minimum atomic E-state index is 0.538. The Kier molecular flexibility index (Phi) is 4.71. The number of piperidine rings is 1. The third kappa shape index (κ3) is 3.96. The molecule has 0 spiro atoms. The molecule has 1 saturated carbocycles. The van der Waals surface area contributed by atoms with Gasteiger partial charge in [-0.05, 0) is 57.0 Å². The molecule has 0 amide bonds. The van der Waals surface area contributed by atoms with E-state index >= 15 is 0 Å². The number of rotatable bonds is 3. The monoisotopic (exact) mass is 252 g/mol. The van der Waals surface area contributed by atoms with Crippen molar-refractivity contribution in [1.29, 1.82) is 0 Å². The van der Waals surface area contributed by atoms with Gasteiger partial charge in [0.2, 0.25) is 0 Å². The van der Waals surface area contributed by atoms with Crippen LogP contribution in [0.3, 0.4) is 0 Å². The van der Waals surface area contributed by atoms with Gasteiger partial charge in [-0.1, -0.05) is 27.2 Å². The van der Waals surface area contributed by atoms with Gasteiger partial charge in [-0.3, -0.25) is 0 Å². The maximum atomic E-state index is 3.68. The van der Waals surface area contributed by atoms with Crippen LogP contribution in [0, 0.1) is 11.3 Å². The zero-order chi connectivity index (χ0) is 13.2. The Morgan fingerprint density at radius 2 is 2.00 bits per heavy atom. The van der Waals surface area contributed by atoms with Crippen LogP contribution in [0.2, 0.25) is 0 Å². The highest BCUT2D eigenvalue weighted by Crippen LogP contribution is 2.40. The fraction of sp³-hybridized carbons (Fsp3) is 1.00. The summed E-state index contributed by atoms with van der Waals surface area (Å²) in [6.45, 7) is 9.80. The van der Waals surface area contributed by atoms with Crippen molar-refractivity contribution in [3.63, 3.8) is 0 Å². The summed E-state index contributed by atoms with van der Waals surface area (Å²) in [5.74, 6) is 0.889. The highest BCUT2D eigenvalue weighted by molar-refractivity contribution is 4.88. The van der Waals surface area contributed by atoms with E-state index in [-0.39, 0.29) is 0 Å². The fourth-order valence-electron chi connectivity index (χ4n) is 4.21. The molecule has 1 N–H and O–H groups in total. The molecule has 1 aliphatic carbocycles. The molecule has 2 nitrogen and oxygen atoms in total. The second-order valence-electron chi connectivity index (χ2n) is 7.65. The van der Waals surface area contributed by atoms with E-state index in [9.17, 15) is 0 Å². The van der Waals surface area contributed by atoms with Gasteiger partial charge in [0.05, 0.1) is 0 Å². The Hall–Kier alpha value is -0.0800. The molecule has 0 bridgehead atoms. The van der Waals surface area contributed by atoms with Crippen LogP contribution in [-0.4, -0.2) is 37.1 Å². The van der Waals surface area contributed by atoms with Gasteiger partial charge in [-0.25, -0.2) is 0 Å². The van der Waals surface area contributed by atoms with Crippen LogP contribution in [0.5, 0.6) is 0 Å². The van der Waals surface area contributed by atoms with Crippen molar-refractivity contribution in [2.24, 2.45) is 11.3 Å². The molecule has 2 heteroatoms. The highest BCUT2D eigenvalue weighted by atomic mass is 15.2. The van der Waals surface area contributed by atoms with E-state index in [4.69, 9.17) is 0 Å². The Balaban J connectivity index is 1.85. The smallest absolute Gasteiger partial charge is 0.0195 e. The predicted molar refractivity (Wildman–Crippen MR) is 78.9 cm³/mol. The number of hydrogen-bond donors (Lipinski definition) is 1. The molecule has 0 aromatic heterocycles. The lowest BCUT2D eigenvalue weighted by Gasteiger charge is -2.44. The molecule has 2 aliphatic rings. The third-order valence-corrected chi connectivity index (χ3v) is 4.91. The number of hydrogen-bond acceptors (Lipinski definition) is 2. The van der Waals surface area contributed by atoms with Gasteiger partial charge in [0, 0.05) is 18.6 Å². The van der Waals surface area contributed by atoms with Gasteiger partial charge in [0.15, 0.2) is 0 Å². The molecule has 0 aromatic rings. The molecule has 2 rings (SSSR count). The summed E-state index contributed by atoms with van der Waals surface area (Å²) >= 11 is 0.